The second-order valence-corrected chi connectivity index (χ2v) is 3.87. The second-order valence-electron chi connectivity index (χ2n) is 3.87. The Morgan fingerprint density at radius 3 is 2.28 bits per heavy atom. The summed E-state index contributed by atoms with van der Waals surface area (Å²) in [6.07, 6.45) is -2.55. The first kappa shape index (κ1) is 12.5. The van der Waals surface area contributed by atoms with E-state index in [2.05, 4.69) is 10.3 Å². The Balaban J connectivity index is 2.40. The molecule has 1 aromatic heterocycles. The summed E-state index contributed by atoms with van der Waals surface area (Å²) in [5, 5.41) is 2.89. The Morgan fingerprint density at radius 2 is 1.78 bits per heavy atom. The van der Waals surface area contributed by atoms with Crippen molar-refractivity contribution in [2.45, 2.75) is 13.1 Å². The summed E-state index contributed by atoms with van der Waals surface area (Å²) >= 11 is 0. The zero-order valence-electron chi connectivity index (χ0n) is 9.92. The molecule has 0 aliphatic heterocycles. The molecular formula is C12H12F3N3. The molecule has 0 bridgehead atoms. The highest BCUT2D eigenvalue weighted by Crippen LogP contribution is 2.30. The molecule has 1 N–H and O–H groups in total. The number of nitrogens with one attached hydrogen (secondary N) is 1. The average molecular weight is 255 g/mol. The molecule has 3 nitrogen and oxygen atoms in total. The fourth-order valence-electron chi connectivity index (χ4n) is 1.68. The van der Waals surface area contributed by atoms with Gasteiger partial charge in [0.15, 0.2) is 0 Å². The van der Waals surface area contributed by atoms with Gasteiger partial charge >= 0.3 is 6.18 Å². The van der Waals surface area contributed by atoms with Gasteiger partial charge in [-0.2, -0.15) is 13.2 Å². The lowest BCUT2D eigenvalue weighted by Gasteiger charge is -2.09. The molecular weight excluding hydrogens is 243 g/mol. The minimum Gasteiger partial charge on any atom is -0.358 e. The van der Waals surface area contributed by atoms with Crippen molar-refractivity contribution in [3.05, 3.63) is 41.7 Å². The Hall–Kier alpha value is -1.98. The maximum atomic E-state index is 12.4. The molecule has 0 atom stereocenters. The van der Waals surface area contributed by atoms with Gasteiger partial charge in [0.2, 0.25) is 5.95 Å². The standard InChI is InChI=1S/C12H12F3N3/c1-8-7-18(11(16-2)17-8)10-5-3-9(4-6-10)12(13,14)15/h3-7H,1-2H3,(H,16,17). The van der Waals surface area contributed by atoms with Crippen LogP contribution in [0.3, 0.4) is 0 Å². The van der Waals surface area contributed by atoms with Crippen molar-refractivity contribution >= 4 is 5.95 Å². The molecule has 0 unspecified atom stereocenters. The van der Waals surface area contributed by atoms with Gasteiger partial charge in [0, 0.05) is 18.9 Å². The molecule has 0 saturated heterocycles. The fourth-order valence-corrected chi connectivity index (χ4v) is 1.68. The van der Waals surface area contributed by atoms with Crippen LogP contribution in [-0.2, 0) is 6.18 Å². The van der Waals surface area contributed by atoms with Gasteiger partial charge in [-0.1, -0.05) is 0 Å². The Kier molecular flexibility index (Phi) is 3.02. The van der Waals surface area contributed by atoms with Crippen LogP contribution in [0.25, 0.3) is 5.69 Å². The number of alkyl halides is 3. The second kappa shape index (κ2) is 4.36. The normalized spacial score (nSPS) is 11.6. The van der Waals surface area contributed by atoms with E-state index in [9.17, 15) is 13.2 Å². The highest BCUT2D eigenvalue weighted by molar-refractivity contribution is 5.44. The lowest BCUT2D eigenvalue weighted by Crippen LogP contribution is -2.05. The number of anilines is 1. The minimum atomic E-state index is -4.31. The summed E-state index contributed by atoms with van der Waals surface area (Å²) in [5.41, 5.74) is 0.765. The van der Waals surface area contributed by atoms with Crippen molar-refractivity contribution in [1.82, 2.24) is 9.55 Å². The van der Waals surface area contributed by atoms with E-state index in [1.807, 2.05) is 6.92 Å². The van der Waals surface area contributed by atoms with Crippen LogP contribution in [0.15, 0.2) is 30.5 Å². The van der Waals surface area contributed by atoms with E-state index in [-0.39, 0.29) is 0 Å². The van der Waals surface area contributed by atoms with E-state index < -0.39 is 11.7 Å². The number of aryl methyl sites for hydroxylation is 1. The smallest absolute Gasteiger partial charge is 0.358 e. The largest absolute Gasteiger partial charge is 0.416 e. The Labute approximate surface area is 102 Å². The summed E-state index contributed by atoms with van der Waals surface area (Å²) in [6.45, 7) is 1.82. The van der Waals surface area contributed by atoms with Gasteiger partial charge in [-0.15, -0.1) is 0 Å². The van der Waals surface area contributed by atoms with Crippen molar-refractivity contribution in [3.63, 3.8) is 0 Å². The zero-order chi connectivity index (χ0) is 13.3. The van der Waals surface area contributed by atoms with Gasteiger partial charge in [-0.25, -0.2) is 4.98 Å². The third kappa shape index (κ3) is 2.32. The van der Waals surface area contributed by atoms with E-state index in [1.165, 1.54) is 12.1 Å². The number of benzene rings is 1. The fraction of sp³-hybridized carbons (Fsp3) is 0.250. The molecule has 0 aliphatic rings. The molecule has 2 rings (SSSR count). The first-order chi connectivity index (χ1) is 8.41. The van der Waals surface area contributed by atoms with E-state index in [0.717, 1.165) is 17.8 Å². The summed E-state index contributed by atoms with van der Waals surface area (Å²) in [4.78, 5) is 4.21. The number of nitrogens with zero attached hydrogens (tertiary/aromatic N) is 2. The number of halogens is 3. The average Bonchev–Trinajstić information content (AvgIpc) is 2.69. The van der Waals surface area contributed by atoms with Crippen molar-refractivity contribution in [2.75, 3.05) is 12.4 Å². The zero-order valence-corrected chi connectivity index (χ0v) is 9.92. The van der Waals surface area contributed by atoms with E-state index in [4.69, 9.17) is 0 Å². The van der Waals surface area contributed by atoms with Crippen molar-refractivity contribution < 1.29 is 13.2 Å². The van der Waals surface area contributed by atoms with E-state index in [1.54, 1.807) is 17.8 Å². The van der Waals surface area contributed by atoms with Crippen LogP contribution in [0.2, 0.25) is 0 Å². The highest BCUT2D eigenvalue weighted by Gasteiger charge is 2.30. The van der Waals surface area contributed by atoms with Gasteiger partial charge in [0.1, 0.15) is 0 Å². The number of hydrogen-bond donors (Lipinski definition) is 1. The lowest BCUT2D eigenvalue weighted by atomic mass is 10.2. The molecule has 0 fully saturated rings. The molecule has 1 aromatic carbocycles. The van der Waals surface area contributed by atoms with Gasteiger partial charge in [0.05, 0.1) is 11.3 Å². The number of hydrogen-bond acceptors (Lipinski definition) is 2. The topological polar surface area (TPSA) is 29.9 Å². The first-order valence-corrected chi connectivity index (χ1v) is 5.33. The lowest BCUT2D eigenvalue weighted by molar-refractivity contribution is -0.137. The van der Waals surface area contributed by atoms with Crippen LogP contribution < -0.4 is 5.32 Å². The Bertz CT molecular complexity index is 541. The van der Waals surface area contributed by atoms with Gasteiger partial charge in [-0.05, 0) is 31.2 Å². The van der Waals surface area contributed by atoms with E-state index >= 15 is 0 Å². The molecule has 0 spiro atoms. The quantitative estimate of drug-likeness (QED) is 0.892. The third-order valence-electron chi connectivity index (χ3n) is 2.52. The molecule has 0 amide bonds. The number of aromatic nitrogens is 2. The molecule has 6 heteroatoms. The van der Waals surface area contributed by atoms with E-state index in [0.29, 0.717) is 11.6 Å². The van der Waals surface area contributed by atoms with Crippen LogP contribution in [0.1, 0.15) is 11.3 Å². The van der Waals surface area contributed by atoms with Crippen LogP contribution >= 0.6 is 0 Å². The van der Waals surface area contributed by atoms with Crippen LogP contribution in [0, 0.1) is 6.92 Å². The van der Waals surface area contributed by atoms with Crippen LogP contribution in [0.5, 0.6) is 0 Å². The first-order valence-electron chi connectivity index (χ1n) is 5.33. The molecule has 2 aromatic rings. The summed E-state index contributed by atoms with van der Waals surface area (Å²) in [5.74, 6) is 0.590. The number of imidazole rings is 1. The summed E-state index contributed by atoms with van der Waals surface area (Å²) < 4.78 is 39.0. The van der Waals surface area contributed by atoms with Crippen molar-refractivity contribution in [2.24, 2.45) is 0 Å². The van der Waals surface area contributed by atoms with Crippen LogP contribution in [0.4, 0.5) is 19.1 Å². The van der Waals surface area contributed by atoms with Crippen molar-refractivity contribution in [1.29, 1.82) is 0 Å². The Morgan fingerprint density at radius 1 is 1.17 bits per heavy atom. The minimum absolute atomic E-state index is 0.590. The van der Waals surface area contributed by atoms with Crippen LogP contribution in [-0.4, -0.2) is 16.6 Å². The maximum absolute atomic E-state index is 12.4. The molecule has 0 aliphatic carbocycles. The van der Waals surface area contributed by atoms with Gasteiger partial charge in [-0.3, -0.25) is 4.57 Å². The predicted octanol–water partition coefficient (Wildman–Crippen LogP) is 3.24. The number of rotatable bonds is 2. The molecule has 0 saturated carbocycles. The molecule has 18 heavy (non-hydrogen) atoms. The summed E-state index contributed by atoms with van der Waals surface area (Å²) in [7, 11) is 1.71. The molecule has 1 heterocycles. The monoisotopic (exact) mass is 255 g/mol. The SMILES string of the molecule is CNc1nc(C)cn1-c1ccc(C(F)(F)F)cc1. The van der Waals surface area contributed by atoms with Crippen molar-refractivity contribution in [3.8, 4) is 5.69 Å². The molecule has 0 radical (unpaired) electrons. The van der Waals surface area contributed by atoms with Gasteiger partial charge in [0.25, 0.3) is 0 Å². The third-order valence-corrected chi connectivity index (χ3v) is 2.52. The summed E-state index contributed by atoms with van der Waals surface area (Å²) in [6, 6.07) is 4.96. The molecule has 96 valence electrons. The predicted molar refractivity (Wildman–Crippen MR) is 62.8 cm³/mol. The maximum Gasteiger partial charge on any atom is 0.416 e. The highest BCUT2D eigenvalue weighted by atomic mass is 19.4. The van der Waals surface area contributed by atoms with Gasteiger partial charge < -0.3 is 5.32 Å².